The Morgan fingerprint density at radius 2 is 0.381 bits per heavy atom. The van der Waals surface area contributed by atoms with Crippen LogP contribution in [0.4, 0.5) is 174 Å². The summed E-state index contributed by atoms with van der Waals surface area (Å²) >= 11 is 0. The summed E-state index contributed by atoms with van der Waals surface area (Å²) in [5.41, 5.74) is 1.12. The molecule has 0 bridgehead atoms. The van der Waals surface area contributed by atoms with Crippen molar-refractivity contribution in [3.8, 4) is 36.4 Å². The first-order chi connectivity index (χ1) is 60.0. The topological polar surface area (TPSA) is 220 Å². The van der Waals surface area contributed by atoms with Crippen molar-refractivity contribution in [2.75, 3.05) is 12.3 Å². The Balaban J connectivity index is -0.000000437. The Kier molecular flexibility index (Phi) is 61.4. The van der Waals surface area contributed by atoms with Crippen LogP contribution >= 0.6 is 15.8 Å². The predicted molar refractivity (Wildman–Crippen MR) is 421 cm³/mol. The number of benzene rings is 8. The van der Waals surface area contributed by atoms with Gasteiger partial charge in [-0.25, -0.2) is 0 Å². The summed E-state index contributed by atoms with van der Waals surface area (Å²) in [7, 11) is -30.6. The van der Waals surface area contributed by atoms with Crippen LogP contribution in [0.25, 0.3) is 0 Å². The van der Waals surface area contributed by atoms with Crippen molar-refractivity contribution in [3.63, 3.8) is 0 Å². The van der Waals surface area contributed by atoms with Gasteiger partial charge in [0.2, 0.25) is 0 Å². The molecule has 8 rings (SSSR count). The molecule has 0 fully saturated rings. The third-order valence-corrected chi connectivity index (χ3v) is 19.3. The number of aliphatic imine (C=N–C) groups is 2. The van der Waals surface area contributed by atoms with Gasteiger partial charge in [-0.15, -0.1) is 0 Å². The van der Waals surface area contributed by atoms with E-state index in [0.717, 1.165) is 12.4 Å². The molecule has 734 valence electrons. The quantitative estimate of drug-likeness (QED) is 0.0409. The summed E-state index contributed by atoms with van der Waals surface area (Å²) in [6, 6.07) is 42.5. The van der Waals surface area contributed by atoms with E-state index >= 15 is 0 Å². The zero-order chi connectivity index (χ0) is 104. The van der Waals surface area contributed by atoms with Gasteiger partial charge in [0.25, 0.3) is 0 Å². The number of halogens is 40. The van der Waals surface area contributed by atoms with E-state index in [1.165, 1.54) is 41.5 Å². The van der Waals surface area contributed by atoms with Crippen LogP contribution in [-0.4, -0.2) is 53.8 Å². The monoisotopic (exact) mass is 2100 g/mol. The summed E-state index contributed by atoms with van der Waals surface area (Å²) < 4.78 is 486. The summed E-state index contributed by atoms with van der Waals surface area (Å²) in [6.07, 6.45) is -41.6. The molecule has 0 aromatic heterocycles. The van der Waals surface area contributed by atoms with Crippen LogP contribution in [0.2, 0.25) is 0 Å². The Morgan fingerprint density at radius 3 is 0.500 bits per heavy atom. The molecular formula is C76H66B4F40Fe2N10P2+4. The van der Waals surface area contributed by atoms with E-state index in [2.05, 4.69) is 9.98 Å². The number of nitrogens with zero attached hydrogens (tertiary/aromatic N) is 8. The van der Waals surface area contributed by atoms with Gasteiger partial charge in [0.05, 0.1) is 142 Å². The molecule has 0 saturated carbocycles. The van der Waals surface area contributed by atoms with E-state index in [9.17, 15) is 174 Å². The number of hydrogen-bond donors (Lipinski definition) is 2. The van der Waals surface area contributed by atoms with Gasteiger partial charge in [-0.05, 0) is 95.1 Å². The van der Waals surface area contributed by atoms with Crippen molar-refractivity contribution in [1.29, 1.82) is 31.6 Å². The Labute approximate surface area is 761 Å². The molecule has 0 saturated heterocycles. The molecule has 8 aromatic carbocycles. The van der Waals surface area contributed by atoms with Gasteiger partial charge in [0, 0.05) is 54.0 Å². The van der Waals surface area contributed by atoms with E-state index in [0.29, 0.717) is 70.8 Å². The Morgan fingerprint density at radius 1 is 0.261 bits per heavy atom. The van der Waals surface area contributed by atoms with Crippen molar-refractivity contribution in [2.24, 2.45) is 21.5 Å². The maximum Gasteiger partial charge on any atom is 3.00 e. The molecule has 134 heavy (non-hydrogen) atoms. The van der Waals surface area contributed by atoms with E-state index in [1.807, 2.05) is 0 Å². The number of hydrogen-bond acceptors (Lipinski definition) is 10. The van der Waals surface area contributed by atoms with E-state index in [1.54, 1.807) is 158 Å². The fourth-order valence-corrected chi connectivity index (χ4v) is 14.4. The minimum absolute atomic E-state index is 0. The van der Waals surface area contributed by atoms with Gasteiger partial charge in [-0.2, -0.15) is 137 Å². The molecule has 0 aliphatic rings. The van der Waals surface area contributed by atoms with Crippen LogP contribution in [0.1, 0.15) is 132 Å². The van der Waals surface area contributed by atoms with Gasteiger partial charge in [-0.3, -0.25) is 9.98 Å². The molecule has 0 spiro atoms. The van der Waals surface area contributed by atoms with Gasteiger partial charge < -0.3 is 80.5 Å². The summed E-state index contributed by atoms with van der Waals surface area (Å²) in [4.78, 5) is 8.86. The zero-order valence-electron chi connectivity index (χ0n) is 68.2. The van der Waals surface area contributed by atoms with E-state index in [4.69, 9.17) is 43.0 Å². The Bertz CT molecular complexity index is 4320. The molecule has 0 amide bonds. The maximum absolute atomic E-state index is 13.7. The fourth-order valence-electron chi connectivity index (χ4n) is 9.62. The Hall–Kier alpha value is -10.7. The second kappa shape index (κ2) is 61.3. The van der Waals surface area contributed by atoms with Crippen molar-refractivity contribution in [3.05, 3.63) is 261 Å². The van der Waals surface area contributed by atoms with Gasteiger partial charge >= 0.3 is 113 Å². The molecule has 4 N–H and O–H groups in total. The van der Waals surface area contributed by atoms with Crippen LogP contribution in [0.5, 0.6) is 0 Å². The summed E-state index contributed by atoms with van der Waals surface area (Å²) in [5.74, 6) is 0. The largest absolute Gasteiger partial charge is 3.00 e. The number of nitriles is 6. The standard InChI is InChI=1S/2C32H23F12N2P.6C2H3N.4BF4.2Fe/c2*33-29(34,35)21-13-22(30(36,37)38)16-25(15-21)47(26-17-23(31(39,40)41)14-24(18-26)32(42,43)44)12-11-46-28(20-9-5-2-6-10-20)27(45)19-7-3-1-4-8-19;6*1-2-3;4*2-1(3,4)5;;/h2*1-11,13-18,27-28H,12,45H2;6*1H3;;;;;;/q;;;;;;;;4*-1;2*+3/p+2/t2*27-,28-;;;;;;;;;;;;/m00............/s1. The number of nitrogens with two attached hydrogens (primary N) is 2. The van der Waals surface area contributed by atoms with Crippen LogP contribution in [0, 0.1) is 68.0 Å². The second-order valence-corrected chi connectivity index (χ2v) is 29.2. The second-order valence-electron chi connectivity index (χ2n) is 24.1. The van der Waals surface area contributed by atoms with Gasteiger partial charge in [0.1, 0.15) is 12.3 Å². The van der Waals surface area contributed by atoms with Crippen LogP contribution in [0.3, 0.4) is 0 Å². The van der Waals surface area contributed by atoms with E-state index < -0.39 is 196 Å². The molecule has 10 nitrogen and oxygen atoms in total. The molecular weight excluding hydrogens is 2030 g/mol. The van der Waals surface area contributed by atoms with Gasteiger partial charge in [-0.1, -0.05) is 121 Å². The normalized spacial score (nSPS) is 12.3. The molecule has 0 aliphatic carbocycles. The van der Waals surface area contributed by atoms with Crippen molar-refractivity contribution < 1.29 is 209 Å². The van der Waals surface area contributed by atoms with E-state index in [-0.39, 0.29) is 58.4 Å². The van der Waals surface area contributed by atoms with Crippen LogP contribution in [0.15, 0.2) is 204 Å². The third kappa shape index (κ3) is 61.3. The first-order valence-electron chi connectivity index (χ1n) is 35.0. The first-order valence-corrected chi connectivity index (χ1v) is 38.4. The predicted octanol–water partition coefficient (Wildman–Crippen LogP) is 27.3. The minimum Gasteiger partial charge on any atom is -0.418 e. The average Bonchev–Trinajstić information content (AvgIpc) is 0.775. The molecule has 4 atom stereocenters. The third-order valence-electron chi connectivity index (χ3n) is 14.2. The van der Waals surface area contributed by atoms with Crippen molar-refractivity contribution in [1.82, 2.24) is 0 Å². The fraction of sp³-hybridized carbons (Fsp3) is 0.263. The zero-order valence-corrected chi connectivity index (χ0v) is 72.4. The van der Waals surface area contributed by atoms with Crippen LogP contribution in [-0.2, 0) is 83.5 Å². The van der Waals surface area contributed by atoms with Gasteiger partial charge in [0.15, 0.2) is 0 Å². The number of rotatable bonds is 16. The average molecular weight is 2100 g/mol. The summed E-state index contributed by atoms with van der Waals surface area (Å²) in [6.45, 7) is 8.58. The van der Waals surface area contributed by atoms with Crippen molar-refractivity contribution in [2.45, 2.75) is 115 Å². The molecule has 0 heterocycles. The molecule has 2 radical (unpaired) electrons. The maximum atomic E-state index is 13.7. The van der Waals surface area contributed by atoms with Crippen molar-refractivity contribution >= 4 is 78.5 Å². The molecule has 8 aromatic rings. The molecule has 0 unspecified atom stereocenters. The minimum atomic E-state index is -6.00. The summed E-state index contributed by atoms with van der Waals surface area (Å²) in [5, 5.41) is 41.0. The first kappa shape index (κ1) is 134. The van der Waals surface area contributed by atoms with Crippen LogP contribution < -0.4 is 32.7 Å². The SMILES string of the molecule is CC#N.CC#N.CC#N.CC#N.CC#N.CC#N.F[B-](F)(F)F.F[B-](F)(F)F.F[B-](F)(F)F.F[B-](F)(F)F.N[C@@H](c1ccccc1)[C@@H](N=CC[PH+](c1cc(C(F)(F)F)cc(C(F)(F)F)c1)c1cc(C(F)(F)F)cc(C(F)(F)F)c1)c1ccccc1.N[C@@H](c1ccccc1)[C@@H](N=CC[PH+](c1cc(C(F)(F)F)cc(C(F)(F)F)c1)c1cc(C(F)(F)F)cc(C(F)(F)F)c1)c1ccccc1.[Fe+3].[Fe+3]. The number of alkyl halides is 24. The molecule has 0 aliphatic heterocycles. The molecule has 58 heteroatoms. The smallest absolute Gasteiger partial charge is 0.418 e.